The number of rotatable bonds is 4. The Hall–Kier alpha value is -3.14. The van der Waals surface area contributed by atoms with Crippen molar-refractivity contribution < 1.29 is 14.5 Å². The molecule has 1 aromatic carbocycles. The molecule has 1 aromatic heterocycles. The highest BCUT2D eigenvalue weighted by Crippen LogP contribution is 2.40. The summed E-state index contributed by atoms with van der Waals surface area (Å²) in [7, 11) is 1.24. The summed E-state index contributed by atoms with van der Waals surface area (Å²) in [5.41, 5.74) is 0.739. The molecule has 1 aliphatic rings. The molecule has 0 fully saturated rings. The number of thioether (sulfide) groups is 1. The fraction of sp³-hybridized carbons (Fsp3) is 0.235. The molecule has 1 atom stereocenters. The lowest BCUT2D eigenvalue weighted by Gasteiger charge is -2.28. The van der Waals surface area contributed by atoms with Gasteiger partial charge in [0.1, 0.15) is 5.82 Å². The average Bonchev–Trinajstić information content (AvgIpc) is 2.66. The highest BCUT2D eigenvalue weighted by atomic mass is 32.2. The van der Waals surface area contributed by atoms with Crippen LogP contribution in [0.15, 0.2) is 45.5 Å². The van der Waals surface area contributed by atoms with E-state index < -0.39 is 22.4 Å². The fourth-order valence-electron chi connectivity index (χ4n) is 3.06. The van der Waals surface area contributed by atoms with Crippen molar-refractivity contribution in [3.8, 4) is 0 Å². The molecule has 3 rings (SSSR count). The summed E-state index contributed by atoms with van der Waals surface area (Å²) in [4.78, 5) is 42.9. The van der Waals surface area contributed by atoms with Crippen LogP contribution in [0.3, 0.4) is 0 Å². The second-order valence-corrected chi connectivity index (χ2v) is 6.57. The molecular formula is C17H16N4O5S. The van der Waals surface area contributed by atoms with Crippen molar-refractivity contribution in [2.75, 3.05) is 18.7 Å². The maximum absolute atomic E-state index is 12.8. The van der Waals surface area contributed by atoms with Gasteiger partial charge in [0.15, 0.2) is 5.16 Å². The zero-order valence-electron chi connectivity index (χ0n) is 14.7. The summed E-state index contributed by atoms with van der Waals surface area (Å²) in [5.74, 6) is -1.17. The van der Waals surface area contributed by atoms with Gasteiger partial charge >= 0.3 is 5.97 Å². The van der Waals surface area contributed by atoms with Crippen LogP contribution < -0.4 is 10.9 Å². The first kappa shape index (κ1) is 18.6. The van der Waals surface area contributed by atoms with Gasteiger partial charge in [-0.15, -0.1) is 0 Å². The number of methoxy groups -OCH3 is 1. The Morgan fingerprint density at radius 2 is 2.15 bits per heavy atom. The molecule has 0 amide bonds. The minimum absolute atomic E-state index is 0.139. The highest BCUT2D eigenvalue weighted by molar-refractivity contribution is 7.98. The number of benzene rings is 1. The Balaban J connectivity index is 2.31. The Kier molecular flexibility index (Phi) is 5.00. The van der Waals surface area contributed by atoms with E-state index in [0.717, 1.165) is 0 Å². The molecule has 10 heteroatoms. The summed E-state index contributed by atoms with van der Waals surface area (Å²) in [6.45, 7) is 1.67. The Morgan fingerprint density at radius 1 is 1.41 bits per heavy atom. The van der Waals surface area contributed by atoms with Crippen LogP contribution in [-0.4, -0.2) is 34.2 Å². The third-order valence-corrected chi connectivity index (χ3v) is 4.81. The van der Waals surface area contributed by atoms with Gasteiger partial charge < -0.3 is 15.0 Å². The number of H-pyrrole nitrogens is 1. The molecule has 0 saturated carbocycles. The van der Waals surface area contributed by atoms with E-state index in [0.29, 0.717) is 22.2 Å². The second kappa shape index (κ2) is 7.23. The lowest BCUT2D eigenvalue weighted by atomic mass is 9.82. The zero-order valence-corrected chi connectivity index (χ0v) is 15.5. The van der Waals surface area contributed by atoms with Crippen LogP contribution in [0.4, 0.5) is 11.5 Å². The topological polar surface area (TPSA) is 127 Å². The molecule has 0 unspecified atom stereocenters. The van der Waals surface area contributed by atoms with Gasteiger partial charge in [-0.1, -0.05) is 23.9 Å². The van der Waals surface area contributed by atoms with Gasteiger partial charge in [0.25, 0.3) is 11.2 Å². The minimum Gasteiger partial charge on any atom is -0.466 e. The van der Waals surface area contributed by atoms with Crippen molar-refractivity contribution in [2.45, 2.75) is 18.0 Å². The first-order valence-electron chi connectivity index (χ1n) is 7.86. The van der Waals surface area contributed by atoms with E-state index in [1.165, 1.54) is 37.1 Å². The first-order chi connectivity index (χ1) is 12.9. The highest BCUT2D eigenvalue weighted by Gasteiger charge is 2.36. The summed E-state index contributed by atoms with van der Waals surface area (Å²) >= 11 is 1.27. The largest absolute Gasteiger partial charge is 0.466 e. The number of nitro benzene ring substituents is 1. The summed E-state index contributed by atoms with van der Waals surface area (Å²) in [6, 6.07) is 5.83. The van der Waals surface area contributed by atoms with Crippen LogP contribution in [0.2, 0.25) is 0 Å². The molecule has 0 radical (unpaired) electrons. The van der Waals surface area contributed by atoms with Crippen molar-refractivity contribution in [3.63, 3.8) is 0 Å². The Labute approximate surface area is 158 Å². The van der Waals surface area contributed by atoms with E-state index in [1.807, 2.05) is 0 Å². The number of hydrogen-bond acceptors (Lipinski definition) is 8. The quantitative estimate of drug-likeness (QED) is 0.269. The van der Waals surface area contributed by atoms with Crippen molar-refractivity contribution in [3.05, 3.63) is 67.1 Å². The van der Waals surface area contributed by atoms with Gasteiger partial charge in [-0.25, -0.2) is 9.78 Å². The van der Waals surface area contributed by atoms with Crippen molar-refractivity contribution in [2.24, 2.45) is 0 Å². The van der Waals surface area contributed by atoms with Gasteiger partial charge in [-0.05, 0) is 18.7 Å². The number of non-ortho nitro benzene ring substituents is 1. The monoisotopic (exact) mass is 388 g/mol. The maximum atomic E-state index is 12.8. The first-order valence-corrected chi connectivity index (χ1v) is 9.08. The Bertz CT molecular complexity index is 1030. The van der Waals surface area contributed by atoms with E-state index in [-0.39, 0.29) is 16.8 Å². The molecule has 2 aromatic rings. The SMILES string of the molecule is COC(=O)C1=C(C)Nc2nc(SC)[nH]c(=O)c2[C@H]1c1cccc([N+](=O)[O-])c1. The van der Waals surface area contributed by atoms with Crippen LogP contribution >= 0.6 is 11.8 Å². The molecule has 1 aliphatic heterocycles. The third-order valence-electron chi connectivity index (χ3n) is 4.23. The molecule has 140 valence electrons. The summed E-state index contributed by atoms with van der Waals surface area (Å²) in [6.07, 6.45) is 1.77. The molecule has 9 nitrogen and oxygen atoms in total. The molecule has 0 bridgehead atoms. The lowest BCUT2D eigenvalue weighted by molar-refractivity contribution is -0.384. The average molecular weight is 388 g/mol. The Morgan fingerprint density at radius 3 is 2.78 bits per heavy atom. The molecular weight excluding hydrogens is 372 g/mol. The number of anilines is 1. The van der Waals surface area contributed by atoms with Crippen LogP contribution in [-0.2, 0) is 9.53 Å². The number of ether oxygens (including phenoxy) is 1. The van der Waals surface area contributed by atoms with Crippen molar-refractivity contribution in [1.82, 2.24) is 9.97 Å². The number of carbonyl (C=O) groups is 1. The van der Waals surface area contributed by atoms with Gasteiger partial charge in [0.05, 0.1) is 29.1 Å². The second-order valence-electron chi connectivity index (χ2n) is 5.78. The number of nitrogens with one attached hydrogen (secondary N) is 2. The van der Waals surface area contributed by atoms with Crippen LogP contribution in [0.25, 0.3) is 0 Å². The molecule has 2 heterocycles. The number of esters is 1. The predicted octanol–water partition coefficient (Wildman–Crippen LogP) is 2.40. The normalized spacial score (nSPS) is 15.7. The number of carbonyl (C=O) groups excluding carboxylic acids is 1. The number of aromatic nitrogens is 2. The minimum atomic E-state index is -0.847. The standard InChI is InChI=1S/C17H16N4O5S/c1-8-11(16(23)26-2)12(9-5-4-6-10(7-9)21(24)25)13-14(18-8)19-17(27-3)20-15(13)22/h4-7,12H,1-3H3,(H2,18,19,20,22)/t12-/m0/s1. The predicted molar refractivity (Wildman–Crippen MR) is 99.9 cm³/mol. The summed E-state index contributed by atoms with van der Waals surface area (Å²) in [5, 5.41) is 14.6. The van der Waals surface area contributed by atoms with Gasteiger partial charge in [0.2, 0.25) is 0 Å². The smallest absolute Gasteiger partial charge is 0.336 e. The molecule has 0 spiro atoms. The van der Waals surface area contributed by atoms with Crippen molar-refractivity contribution >= 4 is 29.2 Å². The van der Waals surface area contributed by atoms with E-state index in [4.69, 9.17) is 4.74 Å². The number of aromatic amines is 1. The number of allylic oxidation sites excluding steroid dienone is 1. The van der Waals surface area contributed by atoms with Crippen molar-refractivity contribution in [1.29, 1.82) is 0 Å². The third kappa shape index (κ3) is 3.31. The van der Waals surface area contributed by atoms with E-state index >= 15 is 0 Å². The van der Waals surface area contributed by atoms with E-state index in [1.54, 1.807) is 19.2 Å². The number of nitro groups is 1. The molecule has 2 N–H and O–H groups in total. The molecule has 0 saturated heterocycles. The lowest BCUT2D eigenvalue weighted by Crippen LogP contribution is -2.31. The van der Waals surface area contributed by atoms with Gasteiger partial charge in [-0.3, -0.25) is 14.9 Å². The number of nitrogens with zero attached hydrogens (tertiary/aromatic N) is 2. The molecule has 27 heavy (non-hydrogen) atoms. The van der Waals surface area contributed by atoms with Gasteiger partial charge in [-0.2, -0.15) is 0 Å². The fourth-order valence-corrected chi connectivity index (χ4v) is 3.44. The zero-order chi connectivity index (χ0) is 19.7. The number of fused-ring (bicyclic) bond motifs is 1. The van der Waals surface area contributed by atoms with Crippen LogP contribution in [0, 0.1) is 10.1 Å². The van der Waals surface area contributed by atoms with Crippen LogP contribution in [0.1, 0.15) is 24.0 Å². The van der Waals surface area contributed by atoms with Gasteiger partial charge in [0, 0.05) is 17.8 Å². The van der Waals surface area contributed by atoms with Crippen LogP contribution in [0.5, 0.6) is 0 Å². The van der Waals surface area contributed by atoms with E-state index in [9.17, 15) is 19.7 Å². The summed E-state index contributed by atoms with van der Waals surface area (Å²) < 4.78 is 4.88. The van der Waals surface area contributed by atoms with E-state index in [2.05, 4.69) is 15.3 Å². The number of hydrogen-bond donors (Lipinski definition) is 2. The molecule has 0 aliphatic carbocycles. The maximum Gasteiger partial charge on any atom is 0.336 e.